The van der Waals surface area contributed by atoms with Crippen molar-refractivity contribution in [2.24, 2.45) is 5.10 Å². The number of hydrogen-bond donors (Lipinski definition) is 2. The normalized spacial score (nSPS) is 11.5. The van der Waals surface area contributed by atoms with Crippen molar-refractivity contribution in [1.82, 2.24) is 4.98 Å². The van der Waals surface area contributed by atoms with Gasteiger partial charge in [0.2, 0.25) is 0 Å². The second kappa shape index (κ2) is 8.07. The molecule has 0 saturated heterocycles. The van der Waals surface area contributed by atoms with Crippen molar-refractivity contribution in [3.8, 4) is 11.1 Å². The number of nitro groups is 2. The summed E-state index contributed by atoms with van der Waals surface area (Å²) in [4.78, 5) is 24.3. The molecular formula is C22H17N5O4. The first kappa shape index (κ1) is 19.8. The van der Waals surface area contributed by atoms with Gasteiger partial charge >= 0.3 is 5.69 Å². The van der Waals surface area contributed by atoms with Crippen LogP contribution in [0.4, 0.5) is 17.1 Å². The average Bonchev–Trinajstić information content (AvgIpc) is 3.17. The van der Waals surface area contributed by atoms with Crippen LogP contribution in [0.3, 0.4) is 0 Å². The van der Waals surface area contributed by atoms with E-state index in [-0.39, 0.29) is 11.4 Å². The maximum Gasteiger partial charge on any atom is 0.301 e. The van der Waals surface area contributed by atoms with E-state index in [0.29, 0.717) is 5.71 Å². The lowest BCUT2D eigenvalue weighted by molar-refractivity contribution is -0.393. The first-order valence-corrected chi connectivity index (χ1v) is 9.35. The summed E-state index contributed by atoms with van der Waals surface area (Å²) in [6.07, 6.45) is 0. The molecule has 4 aromatic rings. The number of anilines is 1. The summed E-state index contributed by atoms with van der Waals surface area (Å²) in [6.45, 7) is 1.78. The van der Waals surface area contributed by atoms with Gasteiger partial charge in [0.05, 0.1) is 27.3 Å². The minimum absolute atomic E-state index is 0.0623. The number of nitrogens with zero attached hydrogens (tertiary/aromatic N) is 3. The van der Waals surface area contributed by atoms with Crippen molar-refractivity contribution in [2.75, 3.05) is 5.43 Å². The van der Waals surface area contributed by atoms with Crippen LogP contribution in [0.2, 0.25) is 0 Å². The number of hydrogen-bond acceptors (Lipinski definition) is 6. The second-order valence-electron chi connectivity index (χ2n) is 6.81. The van der Waals surface area contributed by atoms with Gasteiger partial charge in [-0.2, -0.15) is 5.10 Å². The second-order valence-corrected chi connectivity index (χ2v) is 6.81. The predicted molar refractivity (Wildman–Crippen MR) is 119 cm³/mol. The Hall–Kier alpha value is -4.53. The van der Waals surface area contributed by atoms with Gasteiger partial charge in [0.25, 0.3) is 5.69 Å². The Morgan fingerprint density at radius 3 is 2.35 bits per heavy atom. The molecule has 1 aromatic heterocycles. The van der Waals surface area contributed by atoms with E-state index >= 15 is 0 Å². The van der Waals surface area contributed by atoms with E-state index < -0.39 is 15.5 Å². The number of aromatic nitrogens is 1. The third-order valence-corrected chi connectivity index (χ3v) is 4.86. The van der Waals surface area contributed by atoms with Crippen LogP contribution in [0.5, 0.6) is 0 Å². The van der Waals surface area contributed by atoms with Crippen molar-refractivity contribution >= 4 is 33.7 Å². The number of benzene rings is 3. The molecule has 0 aliphatic heterocycles. The Labute approximate surface area is 176 Å². The average molecular weight is 415 g/mol. The largest absolute Gasteiger partial charge is 0.353 e. The topological polar surface area (TPSA) is 126 Å². The van der Waals surface area contributed by atoms with Gasteiger partial charge in [-0.3, -0.25) is 25.7 Å². The summed E-state index contributed by atoms with van der Waals surface area (Å²) >= 11 is 0. The molecule has 9 heteroatoms. The molecule has 2 N–H and O–H groups in total. The molecule has 1 heterocycles. The van der Waals surface area contributed by atoms with Gasteiger partial charge in [0, 0.05) is 22.5 Å². The minimum Gasteiger partial charge on any atom is -0.353 e. The number of para-hydroxylation sites is 1. The zero-order chi connectivity index (χ0) is 22.0. The monoisotopic (exact) mass is 415 g/mol. The molecule has 3 aromatic carbocycles. The Morgan fingerprint density at radius 2 is 1.65 bits per heavy atom. The van der Waals surface area contributed by atoms with Crippen LogP contribution in [0, 0.1) is 20.2 Å². The van der Waals surface area contributed by atoms with E-state index in [4.69, 9.17) is 0 Å². The Bertz CT molecular complexity index is 1330. The highest BCUT2D eigenvalue weighted by atomic mass is 16.6. The van der Waals surface area contributed by atoms with E-state index in [9.17, 15) is 20.2 Å². The van der Waals surface area contributed by atoms with E-state index in [1.807, 2.05) is 54.6 Å². The molecule has 154 valence electrons. The molecule has 0 atom stereocenters. The molecule has 4 rings (SSSR count). The first-order chi connectivity index (χ1) is 15.0. The Morgan fingerprint density at radius 1 is 0.935 bits per heavy atom. The molecule has 0 amide bonds. The van der Waals surface area contributed by atoms with E-state index in [1.54, 1.807) is 6.92 Å². The maximum absolute atomic E-state index is 11.4. The molecule has 0 radical (unpaired) electrons. The van der Waals surface area contributed by atoms with Crippen LogP contribution in [0.1, 0.15) is 12.6 Å². The van der Waals surface area contributed by atoms with Gasteiger partial charge in [0.15, 0.2) is 0 Å². The van der Waals surface area contributed by atoms with Crippen LogP contribution in [0.25, 0.3) is 22.0 Å². The van der Waals surface area contributed by atoms with Crippen LogP contribution in [0.15, 0.2) is 77.9 Å². The van der Waals surface area contributed by atoms with Gasteiger partial charge in [-0.1, -0.05) is 48.5 Å². The first-order valence-electron chi connectivity index (χ1n) is 9.35. The molecule has 0 fully saturated rings. The highest BCUT2D eigenvalue weighted by Gasteiger charge is 2.20. The quantitative estimate of drug-likeness (QED) is 0.245. The SMILES string of the molecule is C/C(=N\Nc1ccc([N+](=O)[O-])cc1[N+](=O)[O-])c1[nH]c2ccccc2c1-c1ccccc1. The molecule has 0 saturated carbocycles. The van der Waals surface area contributed by atoms with Crippen molar-refractivity contribution < 1.29 is 9.85 Å². The summed E-state index contributed by atoms with van der Waals surface area (Å²) in [6, 6.07) is 21.1. The van der Waals surface area contributed by atoms with E-state index in [2.05, 4.69) is 15.5 Å². The summed E-state index contributed by atoms with van der Waals surface area (Å²) < 4.78 is 0. The minimum atomic E-state index is -0.682. The number of aromatic amines is 1. The molecule has 0 unspecified atom stereocenters. The molecule has 0 bridgehead atoms. The fourth-order valence-electron chi connectivity index (χ4n) is 3.40. The number of H-pyrrole nitrogens is 1. The smallest absolute Gasteiger partial charge is 0.301 e. The predicted octanol–water partition coefficient (Wildman–Crippen LogP) is 5.49. The van der Waals surface area contributed by atoms with Crippen molar-refractivity contribution in [2.45, 2.75) is 6.92 Å². The number of fused-ring (bicyclic) bond motifs is 1. The van der Waals surface area contributed by atoms with Gasteiger partial charge in [-0.15, -0.1) is 0 Å². The number of rotatable bonds is 6. The lowest BCUT2D eigenvalue weighted by Crippen LogP contribution is -2.04. The van der Waals surface area contributed by atoms with Crippen LogP contribution in [-0.4, -0.2) is 20.5 Å². The summed E-state index contributed by atoms with van der Waals surface area (Å²) in [7, 11) is 0. The summed E-state index contributed by atoms with van der Waals surface area (Å²) in [5.41, 5.74) is 6.21. The van der Waals surface area contributed by atoms with Crippen molar-refractivity contribution in [1.29, 1.82) is 0 Å². The highest BCUT2D eigenvalue weighted by molar-refractivity contribution is 6.11. The van der Waals surface area contributed by atoms with Gasteiger partial charge in [0.1, 0.15) is 5.69 Å². The molecular weight excluding hydrogens is 398 g/mol. The fraction of sp³-hybridized carbons (Fsp3) is 0.0455. The zero-order valence-electron chi connectivity index (χ0n) is 16.4. The van der Waals surface area contributed by atoms with Crippen molar-refractivity contribution in [3.63, 3.8) is 0 Å². The molecule has 0 aliphatic carbocycles. The Kier molecular flexibility index (Phi) is 5.15. The van der Waals surface area contributed by atoms with E-state index in [0.717, 1.165) is 33.8 Å². The highest BCUT2D eigenvalue weighted by Crippen LogP contribution is 2.33. The Balaban J connectivity index is 1.77. The van der Waals surface area contributed by atoms with E-state index in [1.165, 1.54) is 12.1 Å². The van der Waals surface area contributed by atoms with Gasteiger partial charge < -0.3 is 4.98 Å². The lowest BCUT2D eigenvalue weighted by atomic mass is 10.0. The maximum atomic E-state index is 11.4. The van der Waals surface area contributed by atoms with Crippen LogP contribution < -0.4 is 5.43 Å². The standard InChI is InChI=1S/C22H17N5O4/c1-14(24-25-19-12-11-16(26(28)29)13-20(19)27(30)31)22-21(15-7-3-2-4-8-15)17-9-5-6-10-18(17)23-22/h2-13,23,25H,1H3/b24-14+. The number of nitrogens with one attached hydrogen (secondary N) is 2. The lowest BCUT2D eigenvalue weighted by Gasteiger charge is -2.07. The van der Waals surface area contributed by atoms with Crippen LogP contribution >= 0.6 is 0 Å². The third-order valence-electron chi connectivity index (χ3n) is 4.86. The molecule has 0 spiro atoms. The number of hydrazone groups is 1. The third kappa shape index (κ3) is 3.84. The summed E-state index contributed by atoms with van der Waals surface area (Å²) in [5.74, 6) is 0. The number of non-ortho nitro benzene ring substituents is 1. The fourth-order valence-corrected chi connectivity index (χ4v) is 3.40. The molecule has 9 nitrogen and oxygen atoms in total. The molecule has 31 heavy (non-hydrogen) atoms. The zero-order valence-corrected chi connectivity index (χ0v) is 16.4. The van der Waals surface area contributed by atoms with Crippen molar-refractivity contribution in [3.05, 3.63) is 98.7 Å². The summed E-state index contributed by atoms with van der Waals surface area (Å²) in [5, 5.41) is 27.6. The van der Waals surface area contributed by atoms with Crippen LogP contribution in [-0.2, 0) is 0 Å². The molecule has 0 aliphatic rings. The number of nitro benzene ring substituents is 2. The van der Waals surface area contributed by atoms with Gasteiger partial charge in [-0.25, -0.2) is 0 Å². The van der Waals surface area contributed by atoms with Gasteiger partial charge in [-0.05, 0) is 24.6 Å².